The fourth-order valence-corrected chi connectivity index (χ4v) is 2.12. The topological polar surface area (TPSA) is 93.7 Å². The highest BCUT2D eigenvalue weighted by Gasteiger charge is 2.13. The van der Waals surface area contributed by atoms with Crippen LogP contribution in [0, 0.1) is 0 Å². The van der Waals surface area contributed by atoms with Gasteiger partial charge in [-0.25, -0.2) is 15.8 Å². The Labute approximate surface area is 118 Å². The van der Waals surface area contributed by atoms with E-state index in [1.165, 1.54) is 11.9 Å². The smallest absolute Gasteiger partial charge is 0.148 e. The molecule has 0 saturated carbocycles. The van der Waals surface area contributed by atoms with Crippen molar-refractivity contribution in [3.8, 4) is 0 Å². The van der Waals surface area contributed by atoms with Crippen LogP contribution in [0.5, 0.6) is 0 Å². The predicted octanol–water partition coefficient (Wildman–Crippen LogP) is 1.27. The molecule has 0 amide bonds. The summed E-state index contributed by atoms with van der Waals surface area (Å²) in [6.07, 6.45) is 6.28. The maximum Gasteiger partial charge on any atom is 0.148 e. The van der Waals surface area contributed by atoms with Gasteiger partial charge in [0.15, 0.2) is 0 Å². The summed E-state index contributed by atoms with van der Waals surface area (Å²) in [7, 11) is 1.91. The Morgan fingerprint density at radius 2 is 2.05 bits per heavy atom. The van der Waals surface area contributed by atoms with E-state index >= 15 is 0 Å². The van der Waals surface area contributed by atoms with Crippen LogP contribution in [-0.4, -0.2) is 26.3 Å². The van der Waals surface area contributed by atoms with Crippen LogP contribution >= 0.6 is 0 Å². The van der Waals surface area contributed by atoms with E-state index in [-0.39, 0.29) is 5.92 Å². The standard InChI is InChI=1S/C13H21N7/c1-9(2)11-12(16-8-17-13(11)19-14)15-5-4-10-6-18-20(3)7-10/h6-9H,4-5,14H2,1-3H3,(H2,15,16,17,19). The molecule has 2 heterocycles. The molecule has 20 heavy (non-hydrogen) atoms. The number of aryl methyl sites for hydroxylation is 1. The SMILES string of the molecule is CC(C)c1c(NN)ncnc1NCCc1cnn(C)c1. The van der Waals surface area contributed by atoms with Gasteiger partial charge >= 0.3 is 0 Å². The summed E-state index contributed by atoms with van der Waals surface area (Å²) in [4.78, 5) is 8.45. The van der Waals surface area contributed by atoms with E-state index in [0.29, 0.717) is 5.82 Å². The summed E-state index contributed by atoms with van der Waals surface area (Å²) >= 11 is 0. The molecule has 0 fully saturated rings. The van der Waals surface area contributed by atoms with Crippen molar-refractivity contribution in [1.29, 1.82) is 0 Å². The molecule has 0 bridgehead atoms. The number of hydrazine groups is 1. The molecule has 108 valence electrons. The maximum atomic E-state index is 5.50. The van der Waals surface area contributed by atoms with Gasteiger partial charge in [0.05, 0.1) is 6.20 Å². The van der Waals surface area contributed by atoms with Gasteiger partial charge in [0.1, 0.15) is 18.0 Å². The average molecular weight is 275 g/mol. The summed E-state index contributed by atoms with van der Waals surface area (Å²) in [6, 6.07) is 0. The van der Waals surface area contributed by atoms with Crippen molar-refractivity contribution in [2.45, 2.75) is 26.2 Å². The van der Waals surface area contributed by atoms with Gasteiger partial charge in [0.2, 0.25) is 0 Å². The van der Waals surface area contributed by atoms with Gasteiger partial charge in [0, 0.05) is 25.4 Å². The second kappa shape index (κ2) is 6.33. The highest BCUT2D eigenvalue weighted by atomic mass is 15.3. The van der Waals surface area contributed by atoms with Crippen LogP contribution < -0.4 is 16.6 Å². The van der Waals surface area contributed by atoms with Crippen LogP contribution in [0.3, 0.4) is 0 Å². The molecule has 2 aromatic rings. The predicted molar refractivity (Wildman–Crippen MR) is 79.3 cm³/mol. The highest BCUT2D eigenvalue weighted by molar-refractivity contribution is 5.58. The summed E-state index contributed by atoms with van der Waals surface area (Å²) in [5.41, 5.74) is 4.82. The van der Waals surface area contributed by atoms with Crippen molar-refractivity contribution >= 4 is 11.6 Å². The van der Waals surface area contributed by atoms with Crippen molar-refractivity contribution < 1.29 is 0 Å². The lowest BCUT2D eigenvalue weighted by Crippen LogP contribution is -2.16. The molecule has 0 aliphatic rings. The first-order valence-electron chi connectivity index (χ1n) is 6.64. The minimum Gasteiger partial charge on any atom is -0.369 e. The number of nitrogens with zero attached hydrogens (tertiary/aromatic N) is 4. The third-order valence-electron chi connectivity index (χ3n) is 3.06. The molecule has 0 atom stereocenters. The number of aromatic nitrogens is 4. The van der Waals surface area contributed by atoms with Gasteiger partial charge in [-0.3, -0.25) is 4.68 Å². The van der Waals surface area contributed by atoms with E-state index < -0.39 is 0 Å². The fraction of sp³-hybridized carbons (Fsp3) is 0.462. The van der Waals surface area contributed by atoms with Crippen molar-refractivity contribution in [2.24, 2.45) is 12.9 Å². The molecule has 2 rings (SSSR count). The molecule has 7 nitrogen and oxygen atoms in total. The van der Waals surface area contributed by atoms with Crippen LogP contribution in [0.15, 0.2) is 18.7 Å². The molecule has 0 spiro atoms. The van der Waals surface area contributed by atoms with Gasteiger partial charge in [-0.2, -0.15) is 5.10 Å². The first-order valence-corrected chi connectivity index (χ1v) is 6.64. The van der Waals surface area contributed by atoms with E-state index in [1.807, 2.05) is 19.4 Å². The van der Waals surface area contributed by atoms with Gasteiger partial charge in [-0.1, -0.05) is 13.8 Å². The first kappa shape index (κ1) is 14.3. The van der Waals surface area contributed by atoms with Crippen molar-refractivity contribution in [1.82, 2.24) is 19.7 Å². The first-order chi connectivity index (χ1) is 9.61. The summed E-state index contributed by atoms with van der Waals surface area (Å²) in [5.74, 6) is 7.27. The number of nitrogens with one attached hydrogen (secondary N) is 2. The summed E-state index contributed by atoms with van der Waals surface area (Å²) in [5, 5.41) is 7.50. The quantitative estimate of drug-likeness (QED) is 0.543. The molecule has 2 aromatic heterocycles. The Morgan fingerprint density at radius 1 is 1.30 bits per heavy atom. The Balaban J connectivity index is 2.05. The van der Waals surface area contributed by atoms with E-state index in [2.05, 4.69) is 39.7 Å². The van der Waals surface area contributed by atoms with Crippen LogP contribution in [0.2, 0.25) is 0 Å². The minimum atomic E-state index is 0.281. The lowest BCUT2D eigenvalue weighted by molar-refractivity contribution is 0.766. The Morgan fingerprint density at radius 3 is 2.65 bits per heavy atom. The monoisotopic (exact) mass is 275 g/mol. The molecule has 4 N–H and O–H groups in total. The molecule has 0 saturated heterocycles. The minimum absolute atomic E-state index is 0.281. The third kappa shape index (κ3) is 3.24. The molecule has 0 aromatic carbocycles. The fourth-order valence-electron chi connectivity index (χ4n) is 2.12. The van der Waals surface area contributed by atoms with E-state index in [0.717, 1.165) is 24.3 Å². The largest absolute Gasteiger partial charge is 0.369 e. The molecule has 0 aliphatic carbocycles. The summed E-state index contributed by atoms with van der Waals surface area (Å²) in [6.45, 7) is 4.96. The average Bonchev–Trinajstić information content (AvgIpc) is 2.83. The number of anilines is 2. The second-order valence-electron chi connectivity index (χ2n) is 4.98. The zero-order chi connectivity index (χ0) is 14.5. The van der Waals surface area contributed by atoms with E-state index in [1.54, 1.807) is 4.68 Å². The maximum absolute atomic E-state index is 5.50. The number of nitrogen functional groups attached to an aromatic ring is 1. The van der Waals surface area contributed by atoms with Crippen LogP contribution in [-0.2, 0) is 13.5 Å². The normalized spacial score (nSPS) is 10.8. The zero-order valence-corrected chi connectivity index (χ0v) is 12.1. The van der Waals surface area contributed by atoms with Gasteiger partial charge in [-0.15, -0.1) is 0 Å². The number of nitrogens with two attached hydrogens (primary N) is 1. The summed E-state index contributed by atoms with van der Waals surface area (Å²) < 4.78 is 1.80. The Bertz CT molecular complexity index is 562. The van der Waals surface area contributed by atoms with Gasteiger partial charge in [-0.05, 0) is 17.9 Å². The molecule has 0 radical (unpaired) electrons. The van der Waals surface area contributed by atoms with E-state index in [4.69, 9.17) is 5.84 Å². The molecule has 0 aliphatic heterocycles. The molecular formula is C13H21N7. The van der Waals surface area contributed by atoms with Gasteiger partial charge < -0.3 is 10.7 Å². The van der Waals surface area contributed by atoms with E-state index in [9.17, 15) is 0 Å². The Kier molecular flexibility index (Phi) is 4.52. The van der Waals surface area contributed by atoms with Gasteiger partial charge in [0.25, 0.3) is 0 Å². The number of hydrogen-bond donors (Lipinski definition) is 3. The molecular weight excluding hydrogens is 254 g/mol. The van der Waals surface area contributed by atoms with Crippen molar-refractivity contribution in [3.63, 3.8) is 0 Å². The Hall–Kier alpha value is -2.15. The van der Waals surface area contributed by atoms with Crippen molar-refractivity contribution in [3.05, 3.63) is 29.8 Å². The third-order valence-corrected chi connectivity index (χ3v) is 3.06. The number of hydrogen-bond acceptors (Lipinski definition) is 6. The van der Waals surface area contributed by atoms with Crippen LogP contribution in [0.25, 0.3) is 0 Å². The molecule has 7 heteroatoms. The highest BCUT2D eigenvalue weighted by Crippen LogP contribution is 2.27. The van der Waals surface area contributed by atoms with Crippen LogP contribution in [0.4, 0.5) is 11.6 Å². The van der Waals surface area contributed by atoms with Crippen LogP contribution in [0.1, 0.15) is 30.9 Å². The zero-order valence-electron chi connectivity index (χ0n) is 12.1. The molecule has 0 unspecified atom stereocenters. The van der Waals surface area contributed by atoms with Crippen molar-refractivity contribution in [2.75, 3.05) is 17.3 Å². The number of rotatable bonds is 6. The second-order valence-corrected chi connectivity index (χ2v) is 4.98. The lowest BCUT2D eigenvalue weighted by Gasteiger charge is -2.16. The lowest BCUT2D eigenvalue weighted by atomic mass is 10.0.